The maximum Gasteiger partial charge on any atom is 0.263 e. The first-order chi connectivity index (χ1) is 11.0. The minimum absolute atomic E-state index is 0.263. The molecule has 116 valence electrons. The third-order valence-electron chi connectivity index (χ3n) is 3.36. The van der Waals surface area contributed by atoms with E-state index < -0.39 is 11.3 Å². The van der Waals surface area contributed by atoms with E-state index in [0.717, 1.165) is 0 Å². The second-order valence-corrected chi connectivity index (χ2v) is 5.43. The van der Waals surface area contributed by atoms with Crippen molar-refractivity contribution in [2.24, 2.45) is 0 Å². The van der Waals surface area contributed by atoms with E-state index in [2.05, 4.69) is 4.98 Å². The normalized spacial score (nSPS) is 10.7. The molecule has 0 aliphatic carbocycles. The molecular formula is C17H12ClNO4. The van der Waals surface area contributed by atoms with E-state index >= 15 is 0 Å². The van der Waals surface area contributed by atoms with Crippen LogP contribution in [0.25, 0.3) is 10.9 Å². The Bertz CT molecular complexity index is 961. The number of pyridine rings is 1. The van der Waals surface area contributed by atoms with Gasteiger partial charge in [0.2, 0.25) is 0 Å². The summed E-state index contributed by atoms with van der Waals surface area (Å²) in [6.45, 7) is 1.23. The van der Waals surface area contributed by atoms with Crippen molar-refractivity contribution in [3.63, 3.8) is 0 Å². The fraction of sp³-hybridized carbons (Fsp3) is 0.0588. The SMILES string of the molecule is CC(=O)c1c(O)c2cc(Oc3ccc(Cl)cc3)ccc2[nH]c1=O. The standard InChI is InChI=1S/C17H12ClNO4/c1-9(20)15-16(21)13-8-12(6-7-14(13)19-17(15)22)23-11-4-2-10(18)3-5-11/h2-8H,1H3,(H2,19,21,22). The van der Waals surface area contributed by atoms with Gasteiger partial charge in [-0.3, -0.25) is 9.59 Å². The van der Waals surface area contributed by atoms with Crippen LogP contribution >= 0.6 is 11.6 Å². The molecule has 0 amide bonds. The van der Waals surface area contributed by atoms with Crippen LogP contribution in [0.5, 0.6) is 17.2 Å². The molecule has 3 aromatic rings. The molecule has 0 radical (unpaired) electrons. The van der Waals surface area contributed by atoms with Crippen molar-refractivity contribution in [1.82, 2.24) is 4.98 Å². The monoisotopic (exact) mass is 329 g/mol. The molecule has 0 unspecified atom stereocenters. The van der Waals surface area contributed by atoms with Crippen molar-refractivity contribution in [1.29, 1.82) is 0 Å². The van der Waals surface area contributed by atoms with Crippen LogP contribution in [-0.4, -0.2) is 15.9 Å². The summed E-state index contributed by atoms with van der Waals surface area (Å²) in [5.41, 5.74) is -0.462. The van der Waals surface area contributed by atoms with Crippen LogP contribution < -0.4 is 10.3 Å². The van der Waals surface area contributed by atoms with Crippen LogP contribution in [0.4, 0.5) is 0 Å². The molecule has 0 saturated heterocycles. The molecule has 0 aliphatic heterocycles. The molecule has 6 heteroatoms. The first kappa shape index (κ1) is 15.1. The van der Waals surface area contributed by atoms with E-state index in [1.54, 1.807) is 42.5 Å². The summed E-state index contributed by atoms with van der Waals surface area (Å²) >= 11 is 5.82. The number of hydrogen-bond donors (Lipinski definition) is 2. The summed E-state index contributed by atoms with van der Waals surface area (Å²) in [6, 6.07) is 11.6. The Balaban J connectivity index is 2.09. The zero-order valence-electron chi connectivity index (χ0n) is 12.1. The predicted octanol–water partition coefficient (Wildman–Crippen LogP) is 3.88. The second-order valence-electron chi connectivity index (χ2n) is 5.00. The fourth-order valence-corrected chi connectivity index (χ4v) is 2.41. The average Bonchev–Trinajstić information content (AvgIpc) is 2.50. The van der Waals surface area contributed by atoms with Crippen molar-refractivity contribution in [3.05, 3.63) is 63.4 Å². The maximum absolute atomic E-state index is 11.8. The molecule has 1 heterocycles. The van der Waals surface area contributed by atoms with Gasteiger partial charge in [-0.05, 0) is 49.4 Å². The number of carbonyl (C=O) groups excluding carboxylic acids is 1. The Morgan fingerprint density at radius 3 is 2.43 bits per heavy atom. The summed E-state index contributed by atoms with van der Waals surface area (Å²) in [6.07, 6.45) is 0. The third-order valence-corrected chi connectivity index (χ3v) is 3.61. The summed E-state index contributed by atoms with van der Waals surface area (Å²) in [5.74, 6) is 0.175. The highest BCUT2D eigenvalue weighted by Gasteiger charge is 2.16. The number of nitrogens with one attached hydrogen (secondary N) is 1. The van der Waals surface area contributed by atoms with E-state index in [0.29, 0.717) is 27.4 Å². The number of carbonyl (C=O) groups is 1. The van der Waals surface area contributed by atoms with Gasteiger partial charge < -0.3 is 14.8 Å². The van der Waals surface area contributed by atoms with Gasteiger partial charge in [0.05, 0.1) is 5.52 Å². The van der Waals surface area contributed by atoms with Crippen molar-refractivity contribution in [2.45, 2.75) is 6.92 Å². The number of rotatable bonds is 3. The number of benzene rings is 2. The lowest BCUT2D eigenvalue weighted by molar-refractivity contribution is 0.101. The van der Waals surface area contributed by atoms with Gasteiger partial charge in [0, 0.05) is 10.4 Å². The quantitative estimate of drug-likeness (QED) is 0.715. The Morgan fingerprint density at radius 1 is 1.13 bits per heavy atom. The van der Waals surface area contributed by atoms with Gasteiger partial charge in [0.15, 0.2) is 5.78 Å². The number of hydrogen-bond acceptors (Lipinski definition) is 4. The van der Waals surface area contributed by atoms with Crippen LogP contribution in [0.1, 0.15) is 17.3 Å². The number of aromatic nitrogens is 1. The topological polar surface area (TPSA) is 79.4 Å². The fourth-order valence-electron chi connectivity index (χ4n) is 2.28. The zero-order valence-corrected chi connectivity index (χ0v) is 12.8. The van der Waals surface area contributed by atoms with Crippen LogP contribution in [-0.2, 0) is 0 Å². The molecule has 0 aliphatic rings. The van der Waals surface area contributed by atoms with Gasteiger partial charge in [-0.25, -0.2) is 0 Å². The molecule has 5 nitrogen and oxygen atoms in total. The van der Waals surface area contributed by atoms with Crippen molar-refractivity contribution in [3.8, 4) is 17.2 Å². The first-order valence-corrected chi connectivity index (χ1v) is 7.17. The van der Waals surface area contributed by atoms with Crippen LogP contribution in [0.2, 0.25) is 5.02 Å². The van der Waals surface area contributed by atoms with Gasteiger partial charge in [0.1, 0.15) is 22.8 Å². The molecule has 0 bridgehead atoms. The average molecular weight is 330 g/mol. The lowest BCUT2D eigenvalue weighted by Gasteiger charge is -2.09. The molecule has 2 aromatic carbocycles. The minimum Gasteiger partial charge on any atom is -0.506 e. The smallest absolute Gasteiger partial charge is 0.263 e. The molecule has 2 N–H and O–H groups in total. The third kappa shape index (κ3) is 2.91. The number of ether oxygens (including phenoxy) is 1. The van der Waals surface area contributed by atoms with Gasteiger partial charge in [-0.1, -0.05) is 11.6 Å². The van der Waals surface area contributed by atoms with E-state index in [1.165, 1.54) is 6.92 Å². The Labute approximate surface area is 136 Å². The molecule has 0 spiro atoms. The Kier molecular flexibility index (Phi) is 3.80. The Morgan fingerprint density at radius 2 is 1.78 bits per heavy atom. The van der Waals surface area contributed by atoms with Crippen LogP contribution in [0, 0.1) is 0 Å². The second kappa shape index (κ2) is 5.78. The number of ketones is 1. The van der Waals surface area contributed by atoms with E-state index in [-0.39, 0.29) is 11.3 Å². The highest BCUT2D eigenvalue weighted by molar-refractivity contribution is 6.30. The maximum atomic E-state index is 11.8. The largest absolute Gasteiger partial charge is 0.506 e. The number of aromatic amines is 1. The van der Waals surface area contributed by atoms with Crippen molar-refractivity contribution in [2.75, 3.05) is 0 Å². The van der Waals surface area contributed by atoms with E-state index in [1.807, 2.05) is 0 Å². The predicted molar refractivity (Wildman–Crippen MR) is 87.8 cm³/mol. The number of Topliss-reactive ketones (excluding diaryl/α,β-unsaturated/α-hetero) is 1. The molecule has 0 saturated carbocycles. The molecule has 23 heavy (non-hydrogen) atoms. The first-order valence-electron chi connectivity index (χ1n) is 6.79. The lowest BCUT2D eigenvalue weighted by atomic mass is 10.1. The van der Waals surface area contributed by atoms with Gasteiger partial charge in [0.25, 0.3) is 5.56 Å². The van der Waals surface area contributed by atoms with Crippen LogP contribution in [0.3, 0.4) is 0 Å². The highest BCUT2D eigenvalue weighted by Crippen LogP contribution is 2.31. The van der Waals surface area contributed by atoms with E-state index in [9.17, 15) is 14.7 Å². The molecule has 3 rings (SSSR count). The molecule has 1 aromatic heterocycles. The van der Waals surface area contributed by atoms with Gasteiger partial charge in [-0.2, -0.15) is 0 Å². The number of fused-ring (bicyclic) bond motifs is 1. The number of halogens is 1. The summed E-state index contributed by atoms with van der Waals surface area (Å²) in [5, 5.41) is 11.1. The summed E-state index contributed by atoms with van der Waals surface area (Å²) in [7, 11) is 0. The van der Waals surface area contributed by atoms with E-state index in [4.69, 9.17) is 16.3 Å². The number of H-pyrrole nitrogens is 1. The van der Waals surface area contributed by atoms with Crippen LogP contribution in [0.15, 0.2) is 47.3 Å². The van der Waals surface area contributed by atoms with Crippen molar-refractivity contribution >= 4 is 28.3 Å². The van der Waals surface area contributed by atoms with Gasteiger partial charge in [-0.15, -0.1) is 0 Å². The highest BCUT2D eigenvalue weighted by atomic mass is 35.5. The lowest BCUT2D eigenvalue weighted by Crippen LogP contribution is -2.16. The van der Waals surface area contributed by atoms with Gasteiger partial charge >= 0.3 is 0 Å². The summed E-state index contributed by atoms with van der Waals surface area (Å²) < 4.78 is 5.68. The molecule has 0 fully saturated rings. The molecular weight excluding hydrogens is 318 g/mol. The minimum atomic E-state index is -0.617. The Hall–Kier alpha value is -2.79. The summed E-state index contributed by atoms with van der Waals surface area (Å²) in [4.78, 5) is 25.9. The van der Waals surface area contributed by atoms with Crippen molar-refractivity contribution < 1.29 is 14.6 Å². The number of aromatic hydroxyl groups is 1. The zero-order chi connectivity index (χ0) is 16.6. The molecule has 0 atom stereocenters.